The molecule has 0 bridgehead atoms. The van der Waals surface area contributed by atoms with Gasteiger partial charge in [-0.2, -0.15) is 0 Å². The Morgan fingerprint density at radius 3 is 3.00 bits per heavy atom. The number of nitrogens with two attached hydrogens (primary N) is 1. The van der Waals surface area contributed by atoms with Gasteiger partial charge in [0.25, 0.3) is 0 Å². The van der Waals surface area contributed by atoms with Gasteiger partial charge in [0.05, 0.1) is 12.0 Å². The van der Waals surface area contributed by atoms with Crippen molar-refractivity contribution in [2.45, 2.75) is 0 Å². The van der Waals surface area contributed by atoms with Gasteiger partial charge in [-0.25, -0.2) is 0 Å². The van der Waals surface area contributed by atoms with E-state index in [4.69, 9.17) is 22.4 Å². The average Bonchev–Trinajstić information content (AvgIpc) is 2.51. The van der Waals surface area contributed by atoms with Crippen LogP contribution in [0.4, 0.5) is 5.69 Å². The van der Waals surface area contributed by atoms with E-state index in [1.165, 1.54) is 0 Å². The van der Waals surface area contributed by atoms with Crippen LogP contribution < -0.4 is 11.1 Å². The number of thiocarbonyl (C=S) groups is 1. The van der Waals surface area contributed by atoms with E-state index in [0.717, 1.165) is 16.7 Å². The zero-order valence-corrected chi connectivity index (χ0v) is 7.60. The summed E-state index contributed by atoms with van der Waals surface area (Å²) in [6, 6.07) is 7.54. The summed E-state index contributed by atoms with van der Waals surface area (Å²) in [6.45, 7) is 0. The quantitative estimate of drug-likeness (QED) is 0.679. The van der Waals surface area contributed by atoms with Crippen LogP contribution in [0.15, 0.2) is 34.9 Å². The molecular weight excluding hydrogens is 184 g/mol. The van der Waals surface area contributed by atoms with E-state index >= 15 is 0 Å². The van der Waals surface area contributed by atoms with Gasteiger partial charge in [-0.3, -0.25) is 0 Å². The smallest absolute Gasteiger partial charge is 0.168 e. The van der Waals surface area contributed by atoms with Gasteiger partial charge in [-0.05, 0) is 30.4 Å². The molecule has 0 spiro atoms. The normalized spacial score (nSPS) is 10.2. The van der Waals surface area contributed by atoms with Gasteiger partial charge >= 0.3 is 0 Å². The maximum absolute atomic E-state index is 5.37. The highest BCUT2D eigenvalue weighted by Crippen LogP contribution is 2.23. The van der Waals surface area contributed by atoms with Gasteiger partial charge in [-0.1, -0.05) is 6.07 Å². The van der Waals surface area contributed by atoms with Crippen LogP contribution in [-0.2, 0) is 0 Å². The Kier molecular flexibility index (Phi) is 1.90. The SMILES string of the molecule is NC(=S)Nc1cccc2occc12. The van der Waals surface area contributed by atoms with Gasteiger partial charge in [0.15, 0.2) is 5.11 Å². The summed E-state index contributed by atoms with van der Waals surface area (Å²) in [6.07, 6.45) is 1.63. The van der Waals surface area contributed by atoms with Crippen molar-refractivity contribution in [2.75, 3.05) is 5.32 Å². The number of nitrogens with one attached hydrogen (secondary N) is 1. The van der Waals surface area contributed by atoms with Gasteiger partial charge < -0.3 is 15.5 Å². The van der Waals surface area contributed by atoms with Crippen LogP contribution in [0.1, 0.15) is 0 Å². The van der Waals surface area contributed by atoms with Crippen molar-refractivity contribution in [3.8, 4) is 0 Å². The molecular formula is C9H8N2OS. The molecule has 1 heterocycles. The Labute approximate surface area is 80.5 Å². The highest BCUT2D eigenvalue weighted by atomic mass is 32.1. The first-order valence-corrected chi connectivity index (χ1v) is 4.21. The fraction of sp³-hybridized carbons (Fsp3) is 0. The first-order chi connectivity index (χ1) is 6.27. The number of furan rings is 1. The summed E-state index contributed by atoms with van der Waals surface area (Å²) >= 11 is 4.75. The molecule has 0 saturated heterocycles. The van der Waals surface area contributed by atoms with Crippen molar-refractivity contribution in [1.82, 2.24) is 0 Å². The van der Waals surface area contributed by atoms with Crippen molar-refractivity contribution >= 4 is 34.0 Å². The van der Waals surface area contributed by atoms with Crippen LogP contribution in [0.2, 0.25) is 0 Å². The molecule has 13 heavy (non-hydrogen) atoms. The highest BCUT2D eigenvalue weighted by molar-refractivity contribution is 7.80. The van der Waals surface area contributed by atoms with Crippen molar-refractivity contribution in [2.24, 2.45) is 5.73 Å². The molecule has 1 aromatic carbocycles. The lowest BCUT2D eigenvalue weighted by molar-refractivity contribution is 0.616. The predicted octanol–water partition coefficient (Wildman–Crippen LogP) is 2.09. The number of hydrogen-bond acceptors (Lipinski definition) is 2. The maximum Gasteiger partial charge on any atom is 0.168 e. The average molecular weight is 192 g/mol. The summed E-state index contributed by atoms with van der Waals surface area (Å²) in [4.78, 5) is 0. The van der Waals surface area contributed by atoms with E-state index in [1.54, 1.807) is 6.26 Å². The van der Waals surface area contributed by atoms with Gasteiger partial charge in [-0.15, -0.1) is 0 Å². The number of benzene rings is 1. The monoisotopic (exact) mass is 192 g/mol. The Hall–Kier alpha value is -1.55. The summed E-state index contributed by atoms with van der Waals surface area (Å²) < 4.78 is 5.22. The van der Waals surface area contributed by atoms with Crippen molar-refractivity contribution in [3.05, 3.63) is 30.5 Å². The molecule has 0 aliphatic rings. The highest BCUT2D eigenvalue weighted by Gasteiger charge is 2.02. The lowest BCUT2D eigenvalue weighted by Gasteiger charge is -2.03. The molecule has 2 aromatic rings. The Bertz CT molecular complexity index is 450. The van der Waals surface area contributed by atoms with Crippen LogP contribution in [0.5, 0.6) is 0 Å². The minimum Gasteiger partial charge on any atom is -0.464 e. The third-order valence-corrected chi connectivity index (χ3v) is 1.86. The number of hydrogen-bond donors (Lipinski definition) is 2. The standard InChI is InChI=1S/C9H8N2OS/c10-9(13)11-7-2-1-3-8-6(7)4-5-12-8/h1-5H,(H3,10,11,13). The number of anilines is 1. The third kappa shape index (κ3) is 1.48. The van der Waals surface area contributed by atoms with Crippen LogP contribution in [0.3, 0.4) is 0 Å². The molecule has 66 valence electrons. The molecule has 3 nitrogen and oxygen atoms in total. The first-order valence-electron chi connectivity index (χ1n) is 3.80. The second-order valence-corrected chi connectivity index (χ2v) is 3.07. The summed E-state index contributed by atoms with van der Waals surface area (Å²) in [5.74, 6) is 0. The molecule has 0 atom stereocenters. The van der Waals surface area contributed by atoms with Crippen molar-refractivity contribution < 1.29 is 4.42 Å². The second-order valence-electron chi connectivity index (χ2n) is 2.63. The molecule has 0 aliphatic heterocycles. The minimum absolute atomic E-state index is 0.258. The molecule has 4 heteroatoms. The summed E-state index contributed by atoms with van der Waals surface area (Å²) in [5, 5.41) is 4.12. The lowest BCUT2D eigenvalue weighted by Crippen LogP contribution is -2.18. The Morgan fingerprint density at radius 2 is 2.23 bits per heavy atom. The van der Waals surface area contributed by atoms with E-state index in [2.05, 4.69) is 5.32 Å². The Balaban J connectivity index is 2.54. The van der Waals surface area contributed by atoms with Crippen LogP contribution in [-0.4, -0.2) is 5.11 Å². The molecule has 3 N–H and O–H groups in total. The van der Waals surface area contributed by atoms with Crippen LogP contribution in [0.25, 0.3) is 11.0 Å². The molecule has 0 unspecified atom stereocenters. The van der Waals surface area contributed by atoms with Crippen molar-refractivity contribution in [3.63, 3.8) is 0 Å². The molecule has 0 fully saturated rings. The molecule has 0 amide bonds. The second kappa shape index (κ2) is 3.06. The first kappa shape index (κ1) is 8.07. The maximum atomic E-state index is 5.37. The summed E-state index contributed by atoms with van der Waals surface area (Å²) in [7, 11) is 0. The fourth-order valence-electron chi connectivity index (χ4n) is 1.24. The topological polar surface area (TPSA) is 51.2 Å². The third-order valence-electron chi connectivity index (χ3n) is 1.75. The largest absolute Gasteiger partial charge is 0.464 e. The van der Waals surface area contributed by atoms with Crippen LogP contribution >= 0.6 is 12.2 Å². The van der Waals surface area contributed by atoms with Crippen LogP contribution in [0, 0.1) is 0 Å². The van der Waals surface area contributed by atoms with E-state index in [0.29, 0.717) is 0 Å². The molecule has 2 rings (SSSR count). The zero-order valence-electron chi connectivity index (χ0n) is 6.78. The zero-order chi connectivity index (χ0) is 9.26. The Morgan fingerprint density at radius 1 is 1.38 bits per heavy atom. The molecule has 0 saturated carbocycles. The van der Waals surface area contributed by atoms with Gasteiger partial charge in [0, 0.05) is 5.39 Å². The van der Waals surface area contributed by atoms with Gasteiger partial charge in [0.1, 0.15) is 5.58 Å². The molecule has 0 aliphatic carbocycles. The van der Waals surface area contributed by atoms with E-state index in [-0.39, 0.29) is 5.11 Å². The van der Waals surface area contributed by atoms with Gasteiger partial charge in [0.2, 0.25) is 0 Å². The number of rotatable bonds is 1. The van der Waals surface area contributed by atoms with E-state index in [1.807, 2.05) is 24.3 Å². The van der Waals surface area contributed by atoms with Crippen molar-refractivity contribution in [1.29, 1.82) is 0 Å². The summed E-state index contributed by atoms with van der Waals surface area (Å²) in [5.41, 5.74) is 7.07. The van der Waals surface area contributed by atoms with E-state index < -0.39 is 0 Å². The number of fused-ring (bicyclic) bond motifs is 1. The molecule has 0 radical (unpaired) electrons. The minimum atomic E-state index is 0.258. The van der Waals surface area contributed by atoms with E-state index in [9.17, 15) is 0 Å². The fourth-order valence-corrected chi connectivity index (χ4v) is 1.35. The molecule has 1 aromatic heterocycles. The lowest BCUT2D eigenvalue weighted by atomic mass is 10.2. The predicted molar refractivity (Wildman–Crippen MR) is 56.6 cm³/mol.